The molecule has 0 bridgehead atoms. The number of aliphatic hydroxyl groups excluding tert-OH is 1. The Hall–Kier alpha value is -3.26. The van der Waals surface area contributed by atoms with E-state index in [9.17, 15) is 14.7 Å². The van der Waals surface area contributed by atoms with Crippen LogP contribution in [0, 0.1) is 25.6 Å². The molecular formula is C28H34FN3O4. The standard InChI is InChI=1S/C28H34FN3O4/c1-17-9-8-10-18(2)21(17)14-25(34)22-13-23(29)24(32-28(35)31(4)27(16-33)30-32)15-26(22)36-19(3)20-11-6-5-7-12-20/h8-10,13,15,19-20,33H,5-7,11-12,14,16H2,1-4H3/t19-/m1/s1. The number of aromatic nitrogens is 3. The molecule has 8 heteroatoms. The Labute approximate surface area is 210 Å². The van der Waals surface area contributed by atoms with E-state index in [4.69, 9.17) is 4.74 Å². The normalized spacial score (nSPS) is 15.2. The predicted octanol–water partition coefficient (Wildman–Crippen LogP) is 4.59. The molecule has 0 spiro atoms. The molecule has 1 fully saturated rings. The van der Waals surface area contributed by atoms with Gasteiger partial charge in [-0.1, -0.05) is 37.5 Å². The maximum Gasteiger partial charge on any atom is 0.350 e. The third kappa shape index (κ3) is 5.14. The monoisotopic (exact) mass is 495 g/mol. The number of ketones is 1. The Balaban J connectivity index is 1.77. The van der Waals surface area contributed by atoms with Gasteiger partial charge in [0.05, 0.1) is 11.7 Å². The third-order valence-electron chi connectivity index (χ3n) is 7.40. The summed E-state index contributed by atoms with van der Waals surface area (Å²) in [5.74, 6) is -0.334. The van der Waals surface area contributed by atoms with Gasteiger partial charge in [0.15, 0.2) is 11.6 Å². The van der Waals surface area contributed by atoms with Crippen LogP contribution in [0.5, 0.6) is 5.75 Å². The number of hydrogen-bond donors (Lipinski definition) is 1. The van der Waals surface area contributed by atoms with Crippen LogP contribution in [-0.4, -0.2) is 31.3 Å². The van der Waals surface area contributed by atoms with Crippen molar-refractivity contribution < 1.29 is 19.0 Å². The fraction of sp³-hybridized carbons (Fsp3) is 0.464. The zero-order valence-corrected chi connectivity index (χ0v) is 21.4. The van der Waals surface area contributed by atoms with E-state index in [1.807, 2.05) is 39.0 Å². The quantitative estimate of drug-likeness (QED) is 0.462. The van der Waals surface area contributed by atoms with E-state index in [1.165, 1.54) is 19.5 Å². The molecule has 1 aliphatic rings. The van der Waals surface area contributed by atoms with Crippen molar-refractivity contribution in [2.24, 2.45) is 13.0 Å². The maximum atomic E-state index is 15.4. The molecule has 0 saturated heterocycles. The van der Waals surface area contributed by atoms with E-state index in [-0.39, 0.29) is 41.1 Å². The zero-order chi connectivity index (χ0) is 26.0. The van der Waals surface area contributed by atoms with E-state index in [1.54, 1.807) is 0 Å². The Morgan fingerprint density at radius 2 is 1.86 bits per heavy atom. The number of aryl methyl sites for hydroxylation is 2. The van der Waals surface area contributed by atoms with Crippen LogP contribution >= 0.6 is 0 Å². The summed E-state index contributed by atoms with van der Waals surface area (Å²) >= 11 is 0. The summed E-state index contributed by atoms with van der Waals surface area (Å²) in [5, 5.41) is 13.6. The number of carbonyl (C=O) groups is 1. The number of halogens is 1. The van der Waals surface area contributed by atoms with E-state index in [0.717, 1.165) is 57.7 Å². The van der Waals surface area contributed by atoms with Gasteiger partial charge in [-0.15, -0.1) is 5.10 Å². The summed E-state index contributed by atoms with van der Waals surface area (Å²) in [6.07, 6.45) is 5.50. The summed E-state index contributed by atoms with van der Waals surface area (Å²) in [4.78, 5) is 26.2. The number of rotatable bonds is 8. The zero-order valence-electron chi connectivity index (χ0n) is 21.4. The molecule has 1 atom stereocenters. The summed E-state index contributed by atoms with van der Waals surface area (Å²) < 4.78 is 23.8. The highest BCUT2D eigenvalue weighted by Crippen LogP contribution is 2.33. The first-order valence-electron chi connectivity index (χ1n) is 12.6. The number of ether oxygens (including phenoxy) is 1. The second-order valence-corrected chi connectivity index (χ2v) is 9.82. The fourth-order valence-electron chi connectivity index (χ4n) is 5.08. The summed E-state index contributed by atoms with van der Waals surface area (Å²) in [7, 11) is 1.46. The van der Waals surface area contributed by atoms with E-state index in [2.05, 4.69) is 5.10 Å². The van der Waals surface area contributed by atoms with E-state index >= 15 is 4.39 Å². The van der Waals surface area contributed by atoms with Gasteiger partial charge in [-0.25, -0.2) is 9.18 Å². The number of carbonyl (C=O) groups excluding carboxylic acids is 1. The maximum absolute atomic E-state index is 15.4. The minimum atomic E-state index is -0.762. The van der Waals surface area contributed by atoms with Gasteiger partial charge < -0.3 is 9.84 Å². The van der Waals surface area contributed by atoms with Gasteiger partial charge in [0, 0.05) is 19.5 Å². The third-order valence-corrected chi connectivity index (χ3v) is 7.40. The molecule has 3 aromatic rings. The minimum Gasteiger partial charge on any atom is -0.490 e. The van der Waals surface area contributed by atoms with Crippen molar-refractivity contribution in [3.8, 4) is 11.4 Å². The molecule has 0 aliphatic heterocycles. The van der Waals surface area contributed by atoms with Crippen molar-refractivity contribution in [1.29, 1.82) is 0 Å². The Kier molecular flexibility index (Phi) is 7.73. The van der Waals surface area contributed by atoms with E-state index < -0.39 is 18.1 Å². The average molecular weight is 496 g/mol. The van der Waals surface area contributed by atoms with Crippen LogP contribution in [0.4, 0.5) is 4.39 Å². The second-order valence-electron chi connectivity index (χ2n) is 9.82. The van der Waals surface area contributed by atoms with Gasteiger partial charge in [-0.3, -0.25) is 9.36 Å². The summed E-state index contributed by atoms with van der Waals surface area (Å²) in [5.41, 5.74) is 2.33. The van der Waals surface area contributed by atoms with Crippen molar-refractivity contribution in [2.45, 2.75) is 72.0 Å². The predicted molar refractivity (Wildman–Crippen MR) is 135 cm³/mol. The molecule has 1 aliphatic carbocycles. The number of Topliss-reactive ketones (excluding diaryl/α,β-unsaturated/α-hetero) is 1. The van der Waals surface area contributed by atoms with Crippen molar-refractivity contribution in [3.63, 3.8) is 0 Å². The van der Waals surface area contributed by atoms with Crippen LogP contribution in [-0.2, 0) is 20.1 Å². The van der Waals surface area contributed by atoms with Crippen LogP contribution in [0.3, 0.4) is 0 Å². The first kappa shape index (κ1) is 25.8. The van der Waals surface area contributed by atoms with E-state index in [0.29, 0.717) is 5.92 Å². The van der Waals surface area contributed by atoms with Crippen LogP contribution < -0.4 is 10.4 Å². The van der Waals surface area contributed by atoms with Crippen LogP contribution in [0.15, 0.2) is 35.1 Å². The summed E-state index contributed by atoms with van der Waals surface area (Å²) in [6.45, 7) is 5.42. The second kappa shape index (κ2) is 10.8. The molecule has 192 valence electrons. The SMILES string of the molecule is Cc1cccc(C)c1CC(=O)c1cc(F)c(-n2nc(CO)n(C)c2=O)cc1O[C@H](C)C1CCCCC1. The lowest BCUT2D eigenvalue weighted by atomic mass is 9.86. The van der Waals surface area contributed by atoms with Gasteiger partial charge in [-0.05, 0) is 62.3 Å². The Bertz CT molecular complexity index is 1300. The van der Waals surface area contributed by atoms with Gasteiger partial charge in [0.2, 0.25) is 0 Å². The first-order valence-corrected chi connectivity index (χ1v) is 12.6. The van der Waals surface area contributed by atoms with Gasteiger partial charge in [0.1, 0.15) is 23.9 Å². The number of hydrogen-bond acceptors (Lipinski definition) is 5. The van der Waals surface area contributed by atoms with Gasteiger partial charge in [0.25, 0.3) is 0 Å². The summed E-state index contributed by atoms with van der Waals surface area (Å²) in [6, 6.07) is 8.39. The number of benzene rings is 2. The molecule has 0 unspecified atom stereocenters. The lowest BCUT2D eigenvalue weighted by Crippen LogP contribution is -2.27. The van der Waals surface area contributed by atoms with Crippen molar-refractivity contribution in [1.82, 2.24) is 14.3 Å². The minimum absolute atomic E-state index is 0.104. The van der Waals surface area contributed by atoms with Gasteiger partial charge in [-0.2, -0.15) is 4.68 Å². The molecule has 36 heavy (non-hydrogen) atoms. The molecule has 1 saturated carbocycles. The molecule has 1 heterocycles. The molecular weight excluding hydrogens is 461 g/mol. The van der Waals surface area contributed by atoms with Crippen LogP contribution in [0.25, 0.3) is 5.69 Å². The highest BCUT2D eigenvalue weighted by atomic mass is 19.1. The lowest BCUT2D eigenvalue weighted by molar-refractivity contribution is 0.0969. The average Bonchev–Trinajstić information content (AvgIpc) is 3.16. The fourth-order valence-corrected chi connectivity index (χ4v) is 5.08. The smallest absolute Gasteiger partial charge is 0.350 e. The Morgan fingerprint density at radius 3 is 2.47 bits per heavy atom. The molecule has 0 radical (unpaired) electrons. The molecule has 7 nitrogen and oxygen atoms in total. The van der Waals surface area contributed by atoms with Crippen LogP contribution in [0.2, 0.25) is 0 Å². The van der Waals surface area contributed by atoms with Crippen molar-refractivity contribution >= 4 is 5.78 Å². The van der Waals surface area contributed by atoms with Crippen LogP contribution in [0.1, 0.15) is 71.9 Å². The highest BCUT2D eigenvalue weighted by Gasteiger charge is 2.26. The lowest BCUT2D eigenvalue weighted by Gasteiger charge is -2.29. The van der Waals surface area contributed by atoms with Gasteiger partial charge >= 0.3 is 5.69 Å². The largest absolute Gasteiger partial charge is 0.490 e. The number of aliphatic hydroxyl groups is 1. The Morgan fingerprint density at radius 1 is 1.19 bits per heavy atom. The highest BCUT2D eigenvalue weighted by molar-refractivity contribution is 6.00. The topological polar surface area (TPSA) is 86.4 Å². The molecule has 0 amide bonds. The van der Waals surface area contributed by atoms with Crippen molar-refractivity contribution in [2.75, 3.05) is 0 Å². The number of nitrogens with zero attached hydrogens (tertiary/aromatic N) is 3. The molecule has 4 rings (SSSR count). The molecule has 1 N–H and O–H groups in total. The molecule has 2 aromatic carbocycles. The van der Waals surface area contributed by atoms with Crippen molar-refractivity contribution in [3.05, 3.63) is 74.7 Å². The first-order chi connectivity index (χ1) is 17.2. The molecule has 1 aromatic heterocycles.